The molecule has 17 heavy (non-hydrogen) atoms. The lowest BCUT2D eigenvalue weighted by atomic mass is 10.3. The van der Waals surface area contributed by atoms with Crippen molar-refractivity contribution in [1.29, 1.82) is 0 Å². The minimum absolute atomic E-state index is 0.0675. The van der Waals surface area contributed by atoms with Crippen molar-refractivity contribution in [3.8, 4) is 0 Å². The zero-order chi connectivity index (χ0) is 12.7. The molecule has 1 heterocycles. The average Bonchev–Trinajstić information content (AvgIpc) is 2.29. The summed E-state index contributed by atoms with van der Waals surface area (Å²) in [5.74, 6) is -1.11. The summed E-state index contributed by atoms with van der Waals surface area (Å²) in [5.41, 5.74) is 0. The van der Waals surface area contributed by atoms with Crippen LogP contribution in [0.25, 0.3) is 0 Å². The Labute approximate surface area is 102 Å². The van der Waals surface area contributed by atoms with Crippen molar-refractivity contribution in [3.05, 3.63) is 0 Å². The van der Waals surface area contributed by atoms with Crippen molar-refractivity contribution in [2.75, 3.05) is 46.3 Å². The van der Waals surface area contributed by atoms with E-state index in [1.165, 1.54) is 0 Å². The lowest BCUT2D eigenvalue weighted by Gasteiger charge is -2.32. The van der Waals surface area contributed by atoms with E-state index < -0.39 is 5.97 Å². The van der Waals surface area contributed by atoms with Gasteiger partial charge in [-0.05, 0) is 7.05 Å². The highest BCUT2D eigenvalue weighted by atomic mass is 16.4. The number of carbonyl (C=O) groups is 2. The first-order chi connectivity index (χ1) is 8.08. The Bertz CT molecular complexity index is 263. The smallest absolute Gasteiger partial charge is 0.303 e. The normalized spacial score (nSPS) is 17.9. The van der Waals surface area contributed by atoms with Gasteiger partial charge in [-0.3, -0.25) is 14.5 Å². The summed E-state index contributed by atoms with van der Waals surface area (Å²) < 4.78 is 0. The predicted molar refractivity (Wildman–Crippen MR) is 63.8 cm³/mol. The summed E-state index contributed by atoms with van der Waals surface area (Å²) in [6.45, 7) is 5.62. The maximum atomic E-state index is 11.2. The Morgan fingerprint density at radius 2 is 1.82 bits per heavy atom. The molecule has 98 valence electrons. The van der Waals surface area contributed by atoms with E-state index in [9.17, 15) is 9.59 Å². The molecule has 0 aromatic carbocycles. The van der Waals surface area contributed by atoms with E-state index in [0.717, 1.165) is 32.7 Å². The number of carbonyl (C=O) groups excluding carboxylic acids is 1. The van der Waals surface area contributed by atoms with Gasteiger partial charge < -0.3 is 15.3 Å². The van der Waals surface area contributed by atoms with Gasteiger partial charge in [-0.25, -0.2) is 0 Å². The molecule has 0 atom stereocenters. The predicted octanol–water partition coefficient (Wildman–Crippen LogP) is -0.785. The van der Waals surface area contributed by atoms with Crippen LogP contribution in [0.5, 0.6) is 0 Å². The molecule has 1 rings (SSSR count). The van der Waals surface area contributed by atoms with Crippen LogP contribution in [0.3, 0.4) is 0 Å². The number of amides is 1. The van der Waals surface area contributed by atoms with Gasteiger partial charge in [-0.2, -0.15) is 0 Å². The van der Waals surface area contributed by atoms with Crippen LogP contribution in [0.2, 0.25) is 0 Å². The van der Waals surface area contributed by atoms with Gasteiger partial charge in [-0.1, -0.05) is 0 Å². The molecule has 2 N–H and O–H groups in total. The van der Waals surface area contributed by atoms with E-state index in [1.54, 1.807) is 0 Å². The fraction of sp³-hybridized carbons (Fsp3) is 0.818. The van der Waals surface area contributed by atoms with E-state index >= 15 is 0 Å². The quantitative estimate of drug-likeness (QED) is 0.640. The van der Waals surface area contributed by atoms with Crippen LogP contribution >= 0.6 is 0 Å². The third-order valence-corrected chi connectivity index (χ3v) is 2.91. The van der Waals surface area contributed by atoms with Crippen molar-refractivity contribution >= 4 is 11.9 Å². The van der Waals surface area contributed by atoms with Gasteiger partial charge in [0.2, 0.25) is 5.91 Å². The zero-order valence-electron chi connectivity index (χ0n) is 10.3. The Morgan fingerprint density at radius 1 is 1.18 bits per heavy atom. The fourth-order valence-electron chi connectivity index (χ4n) is 1.73. The molecule has 6 nitrogen and oxygen atoms in total. The molecular weight excluding hydrogens is 222 g/mol. The first-order valence-corrected chi connectivity index (χ1v) is 5.97. The summed E-state index contributed by atoms with van der Waals surface area (Å²) >= 11 is 0. The van der Waals surface area contributed by atoms with Crippen molar-refractivity contribution in [1.82, 2.24) is 15.1 Å². The van der Waals surface area contributed by atoms with Crippen LogP contribution in [0, 0.1) is 0 Å². The van der Waals surface area contributed by atoms with E-state index in [2.05, 4.69) is 22.2 Å². The molecule has 1 saturated heterocycles. The topological polar surface area (TPSA) is 72.9 Å². The third kappa shape index (κ3) is 6.23. The first-order valence-electron chi connectivity index (χ1n) is 5.97. The lowest BCUT2D eigenvalue weighted by molar-refractivity contribution is -0.138. The van der Waals surface area contributed by atoms with Gasteiger partial charge in [-0.15, -0.1) is 0 Å². The largest absolute Gasteiger partial charge is 0.481 e. The number of hydrogen-bond donors (Lipinski definition) is 2. The molecule has 0 radical (unpaired) electrons. The monoisotopic (exact) mass is 243 g/mol. The zero-order valence-corrected chi connectivity index (χ0v) is 10.3. The summed E-state index contributed by atoms with van der Waals surface area (Å²) in [4.78, 5) is 26.1. The Morgan fingerprint density at radius 3 is 2.41 bits per heavy atom. The van der Waals surface area contributed by atoms with Crippen molar-refractivity contribution in [2.24, 2.45) is 0 Å². The molecule has 0 saturated carbocycles. The molecule has 6 heteroatoms. The van der Waals surface area contributed by atoms with Crippen LogP contribution in [0.1, 0.15) is 12.8 Å². The van der Waals surface area contributed by atoms with Crippen molar-refractivity contribution < 1.29 is 14.7 Å². The van der Waals surface area contributed by atoms with E-state index in [0.29, 0.717) is 6.54 Å². The van der Waals surface area contributed by atoms with Crippen LogP contribution in [-0.4, -0.2) is 73.1 Å². The number of carboxylic acids is 1. The molecule has 0 aromatic heterocycles. The number of hydrogen-bond acceptors (Lipinski definition) is 4. The Kier molecular flexibility index (Phi) is 5.93. The van der Waals surface area contributed by atoms with Gasteiger partial charge in [0.25, 0.3) is 0 Å². The summed E-state index contributed by atoms with van der Waals surface area (Å²) in [7, 11) is 2.10. The first kappa shape index (κ1) is 13.9. The molecule has 0 aromatic rings. The van der Waals surface area contributed by atoms with Crippen LogP contribution in [-0.2, 0) is 9.59 Å². The maximum Gasteiger partial charge on any atom is 0.303 e. The second-order valence-corrected chi connectivity index (χ2v) is 4.39. The number of piperazine rings is 1. The average molecular weight is 243 g/mol. The second kappa shape index (κ2) is 7.24. The number of likely N-dealkylation sites (N-methyl/N-ethyl adjacent to an activating group) is 1. The fourth-order valence-corrected chi connectivity index (χ4v) is 1.73. The SMILES string of the molecule is CN1CCN(CCNC(=O)CCC(=O)O)CC1. The van der Waals surface area contributed by atoms with Crippen molar-refractivity contribution in [2.45, 2.75) is 12.8 Å². The maximum absolute atomic E-state index is 11.2. The molecule has 1 aliphatic rings. The number of nitrogens with zero attached hydrogens (tertiary/aromatic N) is 2. The minimum Gasteiger partial charge on any atom is -0.481 e. The summed E-state index contributed by atoms with van der Waals surface area (Å²) in [6, 6.07) is 0. The highest BCUT2D eigenvalue weighted by Gasteiger charge is 2.13. The van der Waals surface area contributed by atoms with Gasteiger partial charge >= 0.3 is 5.97 Å². The summed E-state index contributed by atoms with van der Waals surface area (Å²) in [6.07, 6.45) is -0.0294. The molecule has 1 aliphatic heterocycles. The number of rotatable bonds is 6. The van der Waals surface area contributed by atoms with Gasteiger partial charge in [0, 0.05) is 45.7 Å². The molecule has 1 amide bonds. The van der Waals surface area contributed by atoms with E-state index in [1.807, 2.05) is 0 Å². The lowest BCUT2D eigenvalue weighted by Crippen LogP contribution is -2.46. The molecule has 0 unspecified atom stereocenters. The van der Waals surface area contributed by atoms with E-state index in [4.69, 9.17) is 5.11 Å². The molecule has 0 aliphatic carbocycles. The van der Waals surface area contributed by atoms with Gasteiger partial charge in [0.1, 0.15) is 0 Å². The molecule has 0 spiro atoms. The van der Waals surface area contributed by atoms with E-state index in [-0.39, 0.29) is 18.7 Å². The number of aliphatic carboxylic acids is 1. The van der Waals surface area contributed by atoms with Crippen molar-refractivity contribution in [3.63, 3.8) is 0 Å². The van der Waals surface area contributed by atoms with Crippen LogP contribution in [0.15, 0.2) is 0 Å². The van der Waals surface area contributed by atoms with Crippen LogP contribution in [0.4, 0.5) is 0 Å². The molecule has 1 fully saturated rings. The molecule has 0 bridgehead atoms. The third-order valence-electron chi connectivity index (χ3n) is 2.91. The Balaban J connectivity index is 2.03. The van der Waals surface area contributed by atoms with Gasteiger partial charge in [0.15, 0.2) is 0 Å². The summed E-state index contributed by atoms with van der Waals surface area (Å²) in [5, 5.41) is 11.2. The molecular formula is C11H21N3O3. The minimum atomic E-state index is -0.931. The second-order valence-electron chi connectivity index (χ2n) is 4.39. The highest BCUT2D eigenvalue weighted by molar-refractivity contribution is 5.80. The number of carboxylic acid groups (broad SMARTS) is 1. The Hall–Kier alpha value is -1.14. The van der Waals surface area contributed by atoms with Gasteiger partial charge in [0.05, 0.1) is 6.42 Å². The van der Waals surface area contributed by atoms with Crippen LogP contribution < -0.4 is 5.32 Å². The standard InChI is InChI=1S/C11H21N3O3/c1-13-6-8-14(9-7-13)5-4-12-10(15)2-3-11(16)17/h2-9H2,1H3,(H,12,15)(H,16,17). The highest BCUT2D eigenvalue weighted by Crippen LogP contribution is 1.97. The number of nitrogens with one attached hydrogen (secondary N) is 1.